The van der Waals surface area contributed by atoms with Crippen LogP contribution in [0.2, 0.25) is 5.02 Å². The van der Waals surface area contributed by atoms with Crippen LogP contribution in [-0.4, -0.2) is 5.11 Å². The van der Waals surface area contributed by atoms with Crippen LogP contribution >= 0.6 is 27.5 Å². The largest absolute Gasteiger partial charge is 0.452 e. The lowest BCUT2D eigenvalue weighted by Gasteiger charge is -2.09. The number of hydrogen-bond acceptors (Lipinski definition) is 2. The molecular weight excluding hydrogens is 303 g/mol. The van der Waals surface area contributed by atoms with E-state index in [9.17, 15) is 5.11 Å². The summed E-state index contributed by atoms with van der Waals surface area (Å²) in [5.41, 5.74) is 2.02. The Balaban J connectivity index is 2.15. The zero-order chi connectivity index (χ0) is 12.4. The molecule has 4 heteroatoms. The van der Waals surface area contributed by atoms with E-state index < -0.39 is 6.10 Å². The van der Waals surface area contributed by atoms with Crippen molar-refractivity contribution in [2.24, 2.45) is 0 Å². The van der Waals surface area contributed by atoms with Gasteiger partial charge in [0.15, 0.2) is 4.67 Å². The second-order valence-corrected chi connectivity index (χ2v) is 5.15. The highest BCUT2D eigenvalue weighted by molar-refractivity contribution is 9.10. The minimum Gasteiger partial charge on any atom is -0.452 e. The van der Waals surface area contributed by atoms with E-state index in [0.717, 1.165) is 11.1 Å². The van der Waals surface area contributed by atoms with E-state index >= 15 is 0 Å². The molecule has 2 aromatic rings. The smallest absolute Gasteiger partial charge is 0.169 e. The van der Waals surface area contributed by atoms with Crippen LogP contribution < -0.4 is 0 Å². The molecule has 0 aliphatic carbocycles. The molecule has 0 fully saturated rings. The van der Waals surface area contributed by atoms with Crippen molar-refractivity contribution in [3.05, 3.63) is 56.9 Å². The van der Waals surface area contributed by atoms with Gasteiger partial charge in [0.05, 0.1) is 0 Å². The molecule has 0 bridgehead atoms. The van der Waals surface area contributed by atoms with Crippen LogP contribution in [0.1, 0.15) is 23.0 Å². The first-order chi connectivity index (χ1) is 8.06. The SMILES string of the molecule is Cc1ccc(CC(O)c2ccc(Br)o2)c(Cl)c1. The Bertz CT molecular complexity index is 522. The standard InChI is InChI=1S/C13H12BrClO2/c1-8-2-3-9(10(15)6-8)7-11(16)12-4-5-13(14)17-12/h2-6,11,16H,7H2,1H3. The summed E-state index contributed by atoms with van der Waals surface area (Å²) >= 11 is 9.32. The first-order valence-corrected chi connectivity index (χ1v) is 6.41. The Hall–Kier alpha value is -0.770. The van der Waals surface area contributed by atoms with Crippen molar-refractivity contribution in [3.63, 3.8) is 0 Å². The molecule has 0 radical (unpaired) electrons. The molecule has 1 heterocycles. The van der Waals surface area contributed by atoms with Crippen LogP contribution in [0, 0.1) is 6.92 Å². The fourth-order valence-electron chi connectivity index (χ4n) is 1.63. The zero-order valence-corrected chi connectivity index (χ0v) is 11.6. The normalized spacial score (nSPS) is 12.7. The third-order valence-corrected chi connectivity index (χ3v) is 3.32. The lowest BCUT2D eigenvalue weighted by molar-refractivity contribution is 0.149. The average Bonchev–Trinajstić information content (AvgIpc) is 2.69. The molecule has 0 saturated heterocycles. The van der Waals surface area contributed by atoms with E-state index in [0.29, 0.717) is 21.9 Å². The van der Waals surface area contributed by atoms with Gasteiger partial charge >= 0.3 is 0 Å². The summed E-state index contributed by atoms with van der Waals surface area (Å²) in [6.45, 7) is 1.98. The number of aliphatic hydroxyl groups is 1. The first kappa shape index (κ1) is 12.7. The van der Waals surface area contributed by atoms with Crippen LogP contribution in [0.4, 0.5) is 0 Å². The molecule has 0 aliphatic heterocycles. The molecule has 0 spiro atoms. The van der Waals surface area contributed by atoms with Crippen molar-refractivity contribution in [3.8, 4) is 0 Å². The number of halogens is 2. The van der Waals surface area contributed by atoms with Crippen LogP contribution in [0.25, 0.3) is 0 Å². The van der Waals surface area contributed by atoms with Crippen LogP contribution in [0.3, 0.4) is 0 Å². The van der Waals surface area contributed by atoms with Gasteiger partial charge in [-0.05, 0) is 52.2 Å². The second kappa shape index (κ2) is 5.25. The van der Waals surface area contributed by atoms with Crippen LogP contribution in [-0.2, 0) is 6.42 Å². The van der Waals surface area contributed by atoms with Crippen LogP contribution in [0.15, 0.2) is 39.4 Å². The molecule has 1 atom stereocenters. The van der Waals surface area contributed by atoms with Gasteiger partial charge in [0, 0.05) is 11.4 Å². The van der Waals surface area contributed by atoms with Crippen molar-refractivity contribution in [1.29, 1.82) is 0 Å². The van der Waals surface area contributed by atoms with Crippen molar-refractivity contribution >= 4 is 27.5 Å². The van der Waals surface area contributed by atoms with Gasteiger partial charge in [-0.2, -0.15) is 0 Å². The monoisotopic (exact) mass is 314 g/mol. The van der Waals surface area contributed by atoms with Gasteiger partial charge in [0.25, 0.3) is 0 Å². The number of aliphatic hydroxyl groups excluding tert-OH is 1. The summed E-state index contributed by atoms with van der Waals surface area (Å²) in [7, 11) is 0. The van der Waals surface area contributed by atoms with E-state index in [1.165, 1.54) is 0 Å². The maximum Gasteiger partial charge on any atom is 0.169 e. The first-order valence-electron chi connectivity index (χ1n) is 5.24. The van der Waals surface area contributed by atoms with Gasteiger partial charge in [-0.3, -0.25) is 0 Å². The van der Waals surface area contributed by atoms with E-state index in [2.05, 4.69) is 15.9 Å². The van der Waals surface area contributed by atoms with Crippen molar-refractivity contribution in [1.82, 2.24) is 0 Å². The van der Waals surface area contributed by atoms with E-state index in [4.69, 9.17) is 16.0 Å². The number of hydrogen-bond donors (Lipinski definition) is 1. The highest BCUT2D eigenvalue weighted by atomic mass is 79.9. The summed E-state index contributed by atoms with van der Waals surface area (Å²) in [6.07, 6.45) is -0.236. The highest BCUT2D eigenvalue weighted by Gasteiger charge is 2.14. The Morgan fingerprint density at radius 3 is 2.71 bits per heavy atom. The number of benzene rings is 1. The van der Waals surface area contributed by atoms with Crippen molar-refractivity contribution in [2.75, 3.05) is 0 Å². The molecule has 0 saturated carbocycles. The number of aryl methyl sites for hydroxylation is 1. The Morgan fingerprint density at radius 1 is 1.35 bits per heavy atom. The maximum absolute atomic E-state index is 10.0. The van der Waals surface area contributed by atoms with E-state index in [1.54, 1.807) is 12.1 Å². The molecule has 1 aromatic heterocycles. The van der Waals surface area contributed by atoms with Crippen molar-refractivity contribution < 1.29 is 9.52 Å². The fraction of sp³-hybridized carbons (Fsp3) is 0.231. The Morgan fingerprint density at radius 2 is 2.12 bits per heavy atom. The lowest BCUT2D eigenvalue weighted by Crippen LogP contribution is -2.01. The molecule has 2 rings (SSSR count). The predicted octanol–water partition coefficient (Wildman–Crippen LogP) is 4.28. The molecule has 0 aliphatic rings. The Labute approximate surface area is 113 Å². The molecule has 17 heavy (non-hydrogen) atoms. The summed E-state index contributed by atoms with van der Waals surface area (Å²) in [6, 6.07) is 9.30. The highest BCUT2D eigenvalue weighted by Crippen LogP contribution is 2.26. The molecule has 1 N–H and O–H groups in total. The minimum absolute atomic E-state index is 0.444. The van der Waals surface area contributed by atoms with Gasteiger partial charge < -0.3 is 9.52 Å². The number of furan rings is 1. The van der Waals surface area contributed by atoms with Gasteiger partial charge in [0.1, 0.15) is 11.9 Å². The third kappa shape index (κ3) is 3.12. The van der Waals surface area contributed by atoms with Crippen molar-refractivity contribution in [2.45, 2.75) is 19.4 Å². The molecule has 2 nitrogen and oxygen atoms in total. The summed E-state index contributed by atoms with van der Waals surface area (Å²) in [5.74, 6) is 0.536. The minimum atomic E-state index is -0.679. The third-order valence-electron chi connectivity index (χ3n) is 2.54. The Kier molecular flexibility index (Phi) is 3.92. The quantitative estimate of drug-likeness (QED) is 0.917. The fourth-order valence-corrected chi connectivity index (χ4v) is 2.27. The van der Waals surface area contributed by atoms with Crippen LogP contribution in [0.5, 0.6) is 0 Å². The van der Waals surface area contributed by atoms with E-state index in [1.807, 2.05) is 25.1 Å². The lowest BCUT2D eigenvalue weighted by atomic mass is 10.0. The molecule has 1 unspecified atom stereocenters. The van der Waals surface area contributed by atoms with E-state index in [-0.39, 0.29) is 0 Å². The number of rotatable bonds is 3. The average molecular weight is 316 g/mol. The van der Waals surface area contributed by atoms with Gasteiger partial charge in [0.2, 0.25) is 0 Å². The summed E-state index contributed by atoms with van der Waals surface area (Å²) < 4.78 is 5.92. The van der Waals surface area contributed by atoms with Gasteiger partial charge in [-0.1, -0.05) is 23.7 Å². The second-order valence-electron chi connectivity index (χ2n) is 3.96. The van der Waals surface area contributed by atoms with Gasteiger partial charge in [-0.15, -0.1) is 0 Å². The molecule has 0 amide bonds. The summed E-state index contributed by atoms with van der Waals surface area (Å²) in [5, 5.41) is 10.7. The molecular formula is C13H12BrClO2. The molecule has 1 aromatic carbocycles. The topological polar surface area (TPSA) is 33.4 Å². The predicted molar refractivity (Wildman–Crippen MR) is 71.3 cm³/mol. The zero-order valence-electron chi connectivity index (χ0n) is 9.28. The maximum atomic E-state index is 10.0. The summed E-state index contributed by atoms with van der Waals surface area (Å²) in [4.78, 5) is 0. The molecule has 90 valence electrons. The van der Waals surface area contributed by atoms with Gasteiger partial charge in [-0.25, -0.2) is 0 Å².